The molecule has 17 heavy (non-hydrogen) atoms. The van der Waals surface area contributed by atoms with Crippen LogP contribution in [0.25, 0.3) is 0 Å². The van der Waals surface area contributed by atoms with Gasteiger partial charge in [-0.05, 0) is 44.7 Å². The molecule has 0 radical (unpaired) electrons. The first-order valence-electron chi connectivity index (χ1n) is 7.02. The van der Waals surface area contributed by atoms with Crippen molar-refractivity contribution in [1.82, 2.24) is 4.90 Å². The highest BCUT2D eigenvalue weighted by molar-refractivity contribution is 5.72. The van der Waals surface area contributed by atoms with E-state index in [1.807, 2.05) is 0 Å². The lowest BCUT2D eigenvalue weighted by Gasteiger charge is -2.40. The van der Waals surface area contributed by atoms with E-state index >= 15 is 0 Å². The van der Waals surface area contributed by atoms with Gasteiger partial charge in [-0.3, -0.25) is 4.79 Å². The number of ether oxygens (including phenoxy) is 1. The van der Waals surface area contributed by atoms with Crippen molar-refractivity contribution >= 4 is 5.97 Å². The minimum Gasteiger partial charge on any atom is -0.469 e. The normalized spacial score (nSPS) is 32.4. The molecule has 3 heteroatoms. The Balaban J connectivity index is 1.80. The van der Waals surface area contributed by atoms with Crippen molar-refractivity contribution in [3.05, 3.63) is 0 Å². The number of nitrogens with zero attached hydrogens (tertiary/aromatic N) is 1. The molecule has 1 aliphatic heterocycles. The smallest absolute Gasteiger partial charge is 0.308 e. The fraction of sp³-hybridized carbons (Fsp3) is 0.929. The molecule has 1 heterocycles. The molecule has 0 N–H and O–H groups in total. The van der Waals surface area contributed by atoms with Crippen molar-refractivity contribution in [3.63, 3.8) is 0 Å². The third kappa shape index (κ3) is 3.21. The van der Waals surface area contributed by atoms with Crippen LogP contribution in [0.1, 0.15) is 45.4 Å². The van der Waals surface area contributed by atoms with E-state index in [9.17, 15) is 4.79 Å². The number of esters is 1. The molecule has 3 nitrogen and oxygen atoms in total. The van der Waals surface area contributed by atoms with Crippen LogP contribution in [0.3, 0.4) is 0 Å². The average molecular weight is 239 g/mol. The number of carbonyl (C=O) groups is 1. The van der Waals surface area contributed by atoms with Crippen LogP contribution in [-0.2, 0) is 9.53 Å². The van der Waals surface area contributed by atoms with E-state index in [0.717, 1.165) is 37.9 Å². The summed E-state index contributed by atoms with van der Waals surface area (Å²) in [5, 5.41) is 0. The Labute approximate surface area is 105 Å². The van der Waals surface area contributed by atoms with Crippen LogP contribution in [-0.4, -0.2) is 37.1 Å². The average Bonchev–Trinajstić information content (AvgIpc) is 2.38. The van der Waals surface area contributed by atoms with E-state index in [2.05, 4.69) is 11.8 Å². The van der Waals surface area contributed by atoms with Gasteiger partial charge in [-0.15, -0.1) is 0 Å². The van der Waals surface area contributed by atoms with Crippen molar-refractivity contribution in [2.45, 2.75) is 51.5 Å². The van der Waals surface area contributed by atoms with Gasteiger partial charge < -0.3 is 9.64 Å². The Kier molecular flexibility index (Phi) is 4.43. The summed E-state index contributed by atoms with van der Waals surface area (Å²) < 4.78 is 4.83. The highest BCUT2D eigenvalue weighted by Gasteiger charge is 2.30. The predicted molar refractivity (Wildman–Crippen MR) is 67.7 cm³/mol. The molecule has 2 fully saturated rings. The number of rotatable bonds is 2. The van der Waals surface area contributed by atoms with Gasteiger partial charge in [0.2, 0.25) is 0 Å². The SMILES string of the molecule is COC(=O)C1CCN(C2CCCC(C)C2)CC1. The largest absolute Gasteiger partial charge is 0.469 e. The zero-order valence-corrected chi connectivity index (χ0v) is 11.2. The molecular weight excluding hydrogens is 214 g/mol. The molecule has 98 valence electrons. The number of carbonyl (C=O) groups excluding carboxylic acids is 1. The van der Waals surface area contributed by atoms with Gasteiger partial charge in [0, 0.05) is 6.04 Å². The molecular formula is C14H25NO2. The highest BCUT2D eigenvalue weighted by Crippen LogP contribution is 2.30. The van der Waals surface area contributed by atoms with Crippen LogP contribution in [0.5, 0.6) is 0 Å². The molecule has 0 spiro atoms. The van der Waals surface area contributed by atoms with Gasteiger partial charge in [-0.25, -0.2) is 0 Å². The minimum atomic E-state index is -0.0123. The molecule has 2 atom stereocenters. The van der Waals surface area contributed by atoms with E-state index < -0.39 is 0 Å². The second-order valence-corrected chi connectivity index (χ2v) is 5.76. The van der Waals surface area contributed by atoms with Crippen molar-refractivity contribution in [1.29, 1.82) is 0 Å². The van der Waals surface area contributed by atoms with Crippen molar-refractivity contribution in [2.75, 3.05) is 20.2 Å². The van der Waals surface area contributed by atoms with Gasteiger partial charge in [-0.2, -0.15) is 0 Å². The van der Waals surface area contributed by atoms with Crippen LogP contribution >= 0.6 is 0 Å². The quantitative estimate of drug-likeness (QED) is 0.693. The molecule has 0 amide bonds. The van der Waals surface area contributed by atoms with Crippen LogP contribution in [0.15, 0.2) is 0 Å². The predicted octanol–water partition coefficient (Wildman–Crippen LogP) is 2.45. The maximum atomic E-state index is 11.5. The summed E-state index contributed by atoms with van der Waals surface area (Å²) in [7, 11) is 1.50. The summed E-state index contributed by atoms with van der Waals surface area (Å²) in [6.07, 6.45) is 7.45. The fourth-order valence-electron chi connectivity index (χ4n) is 3.40. The zero-order valence-electron chi connectivity index (χ0n) is 11.2. The number of hydrogen-bond donors (Lipinski definition) is 0. The Morgan fingerprint density at radius 1 is 1.18 bits per heavy atom. The first-order chi connectivity index (χ1) is 8.20. The fourth-order valence-corrected chi connectivity index (χ4v) is 3.40. The number of hydrogen-bond acceptors (Lipinski definition) is 3. The summed E-state index contributed by atoms with van der Waals surface area (Å²) in [4.78, 5) is 14.1. The van der Waals surface area contributed by atoms with E-state index in [-0.39, 0.29) is 11.9 Å². The summed E-state index contributed by atoms with van der Waals surface area (Å²) in [5.74, 6) is 1.02. The third-order valence-electron chi connectivity index (χ3n) is 4.49. The van der Waals surface area contributed by atoms with E-state index in [1.165, 1.54) is 32.8 Å². The van der Waals surface area contributed by atoms with Crippen LogP contribution in [0.2, 0.25) is 0 Å². The second-order valence-electron chi connectivity index (χ2n) is 5.76. The van der Waals surface area contributed by atoms with E-state index in [1.54, 1.807) is 0 Å². The van der Waals surface area contributed by atoms with Crippen LogP contribution in [0, 0.1) is 11.8 Å². The topological polar surface area (TPSA) is 29.5 Å². The lowest BCUT2D eigenvalue weighted by atomic mass is 9.84. The summed E-state index contributed by atoms with van der Waals surface area (Å²) in [5.41, 5.74) is 0. The number of piperidine rings is 1. The molecule has 1 saturated heterocycles. The summed E-state index contributed by atoms with van der Waals surface area (Å²) in [6.45, 7) is 4.53. The molecule has 0 aromatic rings. The van der Waals surface area contributed by atoms with Crippen LogP contribution in [0.4, 0.5) is 0 Å². The zero-order chi connectivity index (χ0) is 12.3. The van der Waals surface area contributed by atoms with Gasteiger partial charge >= 0.3 is 5.97 Å². The Bertz CT molecular complexity index is 259. The molecule has 1 aliphatic carbocycles. The van der Waals surface area contributed by atoms with E-state index in [4.69, 9.17) is 4.74 Å². The van der Waals surface area contributed by atoms with Crippen molar-refractivity contribution in [2.24, 2.45) is 11.8 Å². The second kappa shape index (κ2) is 5.85. The summed E-state index contributed by atoms with van der Waals surface area (Å²) >= 11 is 0. The minimum absolute atomic E-state index is 0.0123. The van der Waals surface area contributed by atoms with Crippen molar-refractivity contribution in [3.8, 4) is 0 Å². The number of methoxy groups -OCH3 is 1. The maximum Gasteiger partial charge on any atom is 0.308 e. The first-order valence-corrected chi connectivity index (χ1v) is 7.02. The maximum absolute atomic E-state index is 11.5. The molecule has 0 bridgehead atoms. The third-order valence-corrected chi connectivity index (χ3v) is 4.49. The molecule has 2 rings (SSSR count). The molecule has 0 aromatic carbocycles. The number of likely N-dealkylation sites (tertiary alicyclic amines) is 1. The molecule has 2 aliphatic rings. The van der Waals surface area contributed by atoms with Gasteiger partial charge in [0.05, 0.1) is 13.0 Å². The standard InChI is InChI=1S/C14H25NO2/c1-11-4-3-5-13(10-11)15-8-6-12(7-9-15)14(16)17-2/h11-13H,3-10H2,1-2H3. The summed E-state index contributed by atoms with van der Waals surface area (Å²) in [6, 6.07) is 0.775. The Morgan fingerprint density at radius 3 is 2.47 bits per heavy atom. The molecule has 1 saturated carbocycles. The van der Waals surface area contributed by atoms with Crippen LogP contribution < -0.4 is 0 Å². The monoisotopic (exact) mass is 239 g/mol. The molecule has 0 aromatic heterocycles. The van der Waals surface area contributed by atoms with Gasteiger partial charge in [0.1, 0.15) is 0 Å². The van der Waals surface area contributed by atoms with Crippen molar-refractivity contribution < 1.29 is 9.53 Å². The lowest BCUT2D eigenvalue weighted by Crippen LogP contribution is -2.44. The van der Waals surface area contributed by atoms with Gasteiger partial charge in [0.25, 0.3) is 0 Å². The Hall–Kier alpha value is -0.570. The first kappa shape index (κ1) is 12.9. The highest BCUT2D eigenvalue weighted by atomic mass is 16.5. The lowest BCUT2D eigenvalue weighted by molar-refractivity contribution is -0.147. The Morgan fingerprint density at radius 2 is 1.88 bits per heavy atom. The van der Waals surface area contributed by atoms with Gasteiger partial charge in [0.15, 0.2) is 0 Å². The van der Waals surface area contributed by atoms with Gasteiger partial charge in [-0.1, -0.05) is 19.8 Å². The van der Waals surface area contributed by atoms with E-state index in [0.29, 0.717) is 0 Å². The molecule has 2 unspecified atom stereocenters.